The van der Waals surface area contributed by atoms with Gasteiger partial charge in [0.15, 0.2) is 0 Å². The van der Waals surface area contributed by atoms with E-state index in [0.29, 0.717) is 0 Å². The Morgan fingerprint density at radius 1 is 1.47 bits per heavy atom. The number of hydrogen-bond donors (Lipinski definition) is 2. The Morgan fingerprint density at radius 2 is 2.12 bits per heavy atom. The lowest BCUT2D eigenvalue weighted by Gasteiger charge is -2.36. The molecule has 2 N–H and O–H groups in total. The van der Waals surface area contributed by atoms with E-state index in [1.165, 1.54) is 5.38 Å². The highest BCUT2D eigenvalue weighted by atomic mass is 32.1. The van der Waals surface area contributed by atoms with Crippen LogP contribution < -0.4 is 10.2 Å². The summed E-state index contributed by atoms with van der Waals surface area (Å²) in [7, 11) is 0. The number of aromatic nitrogens is 1. The molecule has 0 aromatic carbocycles. The number of amides is 1. The second-order valence-electron chi connectivity index (χ2n) is 3.94. The molecule has 2 rings (SSSR count). The van der Waals surface area contributed by atoms with Crippen LogP contribution in [-0.2, 0) is 0 Å². The molecule has 1 aliphatic rings. The molecule has 1 aromatic heterocycles. The molecule has 0 aliphatic heterocycles. The summed E-state index contributed by atoms with van der Waals surface area (Å²) in [6, 6.07) is -0.461. The lowest BCUT2D eigenvalue weighted by atomic mass is 9.80. The van der Waals surface area contributed by atoms with Crippen molar-refractivity contribution < 1.29 is 18.0 Å². The minimum absolute atomic E-state index is 0.0930. The number of alkyl halides is 3. The van der Waals surface area contributed by atoms with E-state index in [1.807, 2.05) is 0 Å². The van der Waals surface area contributed by atoms with Crippen LogP contribution in [0.5, 0.6) is 0 Å². The number of nitrogens with one attached hydrogen (secondary N) is 2. The molecule has 0 spiro atoms. The van der Waals surface area contributed by atoms with Gasteiger partial charge >= 0.3 is 11.0 Å². The van der Waals surface area contributed by atoms with Gasteiger partial charge in [-0.2, -0.15) is 13.2 Å². The summed E-state index contributed by atoms with van der Waals surface area (Å²) in [6.07, 6.45) is -4.37. The van der Waals surface area contributed by atoms with Gasteiger partial charge in [-0.25, -0.2) is 0 Å². The van der Waals surface area contributed by atoms with Crippen molar-refractivity contribution in [2.24, 2.45) is 5.92 Å². The Labute approximate surface area is 97.8 Å². The third-order valence-corrected chi connectivity index (χ3v) is 3.37. The normalized spacial score (nSPS) is 24.2. The monoisotopic (exact) mass is 266 g/mol. The average Bonchev–Trinajstić information content (AvgIpc) is 2.55. The fraction of sp³-hybridized carbons (Fsp3) is 0.556. The Kier molecular flexibility index (Phi) is 2.98. The summed E-state index contributed by atoms with van der Waals surface area (Å²) in [5.74, 6) is -1.86. The van der Waals surface area contributed by atoms with Gasteiger partial charge in [0.1, 0.15) is 5.69 Å². The van der Waals surface area contributed by atoms with Crippen LogP contribution in [-0.4, -0.2) is 23.1 Å². The molecule has 17 heavy (non-hydrogen) atoms. The quantitative estimate of drug-likeness (QED) is 0.852. The van der Waals surface area contributed by atoms with E-state index in [-0.39, 0.29) is 23.4 Å². The van der Waals surface area contributed by atoms with Gasteiger partial charge in [-0.1, -0.05) is 11.3 Å². The maximum Gasteiger partial charge on any atom is 0.391 e. The molecule has 1 heterocycles. The molecule has 1 fully saturated rings. The lowest BCUT2D eigenvalue weighted by molar-refractivity contribution is -0.198. The largest absolute Gasteiger partial charge is 0.391 e. The fourth-order valence-corrected chi connectivity index (χ4v) is 2.22. The number of H-pyrrole nitrogens is 1. The molecule has 4 nitrogen and oxygen atoms in total. The Bertz CT molecular complexity index is 473. The van der Waals surface area contributed by atoms with Gasteiger partial charge in [-0.15, -0.1) is 0 Å². The molecular formula is C9H9F3N2O2S. The van der Waals surface area contributed by atoms with Gasteiger partial charge in [0.2, 0.25) is 0 Å². The van der Waals surface area contributed by atoms with Crippen LogP contribution in [0.3, 0.4) is 0 Å². The van der Waals surface area contributed by atoms with Crippen molar-refractivity contribution in [1.82, 2.24) is 10.3 Å². The van der Waals surface area contributed by atoms with Crippen LogP contribution in [0.25, 0.3) is 0 Å². The van der Waals surface area contributed by atoms with Gasteiger partial charge in [-0.3, -0.25) is 9.59 Å². The fourth-order valence-electron chi connectivity index (χ4n) is 1.66. The lowest BCUT2D eigenvalue weighted by Crippen LogP contribution is -2.49. The van der Waals surface area contributed by atoms with Crippen LogP contribution in [0.4, 0.5) is 13.2 Å². The zero-order chi connectivity index (χ0) is 12.6. The first-order valence-corrected chi connectivity index (χ1v) is 5.79. The summed E-state index contributed by atoms with van der Waals surface area (Å²) >= 11 is 0.838. The molecular weight excluding hydrogens is 257 g/mol. The molecule has 1 saturated carbocycles. The molecule has 1 aromatic rings. The van der Waals surface area contributed by atoms with E-state index in [9.17, 15) is 22.8 Å². The number of thiazole rings is 1. The molecule has 0 bridgehead atoms. The van der Waals surface area contributed by atoms with Crippen LogP contribution in [0.15, 0.2) is 10.2 Å². The number of aromatic amines is 1. The zero-order valence-corrected chi connectivity index (χ0v) is 9.32. The predicted octanol–water partition coefficient (Wildman–Crippen LogP) is 1.51. The number of rotatable bonds is 2. The number of carbonyl (C=O) groups is 1. The van der Waals surface area contributed by atoms with Crippen molar-refractivity contribution >= 4 is 17.2 Å². The third-order valence-electron chi connectivity index (χ3n) is 2.70. The summed E-state index contributed by atoms with van der Waals surface area (Å²) in [5, 5.41) is 3.79. The van der Waals surface area contributed by atoms with Gasteiger partial charge in [0.25, 0.3) is 5.91 Å². The van der Waals surface area contributed by atoms with Crippen molar-refractivity contribution in [3.8, 4) is 0 Å². The first-order valence-electron chi connectivity index (χ1n) is 4.91. The SMILES string of the molecule is O=C(NC1CC(C(F)(F)F)C1)c1csc(=O)[nH]1. The van der Waals surface area contributed by atoms with Crippen LogP contribution >= 0.6 is 11.3 Å². The summed E-state index contributed by atoms with van der Waals surface area (Å²) in [5.41, 5.74) is 0.0930. The highest BCUT2D eigenvalue weighted by molar-refractivity contribution is 7.07. The third kappa shape index (κ3) is 2.68. The molecule has 1 amide bonds. The topological polar surface area (TPSA) is 62.0 Å². The van der Waals surface area contributed by atoms with Crippen molar-refractivity contribution in [1.29, 1.82) is 0 Å². The molecule has 94 valence electrons. The number of carbonyl (C=O) groups excluding carboxylic acids is 1. The maximum absolute atomic E-state index is 12.2. The van der Waals surface area contributed by atoms with E-state index in [0.717, 1.165) is 11.3 Å². The average molecular weight is 266 g/mol. The van der Waals surface area contributed by atoms with Crippen molar-refractivity contribution in [2.45, 2.75) is 25.1 Å². The number of halogens is 3. The van der Waals surface area contributed by atoms with Gasteiger partial charge in [-0.05, 0) is 12.8 Å². The van der Waals surface area contributed by atoms with Gasteiger partial charge in [0, 0.05) is 11.4 Å². The molecule has 0 atom stereocenters. The van der Waals surface area contributed by atoms with E-state index in [4.69, 9.17) is 0 Å². The summed E-state index contributed by atoms with van der Waals surface area (Å²) in [4.78, 5) is 24.2. The smallest absolute Gasteiger partial charge is 0.348 e. The standard InChI is InChI=1S/C9H9F3N2O2S/c10-9(11,12)4-1-5(2-4)13-7(15)6-3-17-8(16)14-6/h3-5H,1-2H2,(H,13,15)(H,14,16). The Hall–Kier alpha value is -1.31. The summed E-state index contributed by atoms with van der Waals surface area (Å²) < 4.78 is 36.5. The van der Waals surface area contributed by atoms with Crippen molar-refractivity contribution in [3.05, 3.63) is 20.7 Å². The van der Waals surface area contributed by atoms with Crippen molar-refractivity contribution in [3.63, 3.8) is 0 Å². The molecule has 0 unspecified atom stereocenters. The van der Waals surface area contributed by atoms with E-state index >= 15 is 0 Å². The second-order valence-corrected chi connectivity index (χ2v) is 4.78. The van der Waals surface area contributed by atoms with Crippen LogP contribution in [0.1, 0.15) is 23.3 Å². The second kappa shape index (κ2) is 4.17. The minimum atomic E-state index is -4.18. The van der Waals surface area contributed by atoms with Crippen LogP contribution in [0.2, 0.25) is 0 Å². The summed E-state index contributed by atoms with van der Waals surface area (Å²) in [6.45, 7) is 0. The highest BCUT2D eigenvalue weighted by Crippen LogP contribution is 2.40. The highest BCUT2D eigenvalue weighted by Gasteiger charge is 2.48. The first-order chi connectivity index (χ1) is 7.86. The van der Waals surface area contributed by atoms with Gasteiger partial charge < -0.3 is 10.3 Å². The Balaban J connectivity index is 1.85. The van der Waals surface area contributed by atoms with E-state index in [1.54, 1.807) is 0 Å². The molecule has 0 saturated heterocycles. The van der Waals surface area contributed by atoms with E-state index < -0.39 is 24.0 Å². The van der Waals surface area contributed by atoms with Gasteiger partial charge in [0.05, 0.1) is 5.92 Å². The molecule has 1 aliphatic carbocycles. The molecule has 8 heteroatoms. The predicted molar refractivity (Wildman–Crippen MR) is 55.0 cm³/mol. The van der Waals surface area contributed by atoms with E-state index in [2.05, 4.69) is 10.3 Å². The first kappa shape index (κ1) is 12.2. The molecule has 0 radical (unpaired) electrons. The Morgan fingerprint density at radius 3 is 2.59 bits per heavy atom. The number of hydrogen-bond acceptors (Lipinski definition) is 3. The van der Waals surface area contributed by atoms with Crippen molar-refractivity contribution in [2.75, 3.05) is 0 Å². The zero-order valence-electron chi connectivity index (χ0n) is 8.50. The minimum Gasteiger partial charge on any atom is -0.348 e. The van der Waals surface area contributed by atoms with Crippen LogP contribution in [0, 0.1) is 5.92 Å². The maximum atomic E-state index is 12.2.